The Hall–Kier alpha value is -1.51. The summed E-state index contributed by atoms with van der Waals surface area (Å²) in [4.78, 5) is 0.290. The summed E-state index contributed by atoms with van der Waals surface area (Å²) in [6.07, 6.45) is 3.70. The van der Waals surface area contributed by atoms with Crippen LogP contribution >= 0.6 is 0 Å². The van der Waals surface area contributed by atoms with E-state index < -0.39 is 18.1 Å². The van der Waals surface area contributed by atoms with Crippen LogP contribution in [0.5, 0.6) is 0 Å². The van der Waals surface area contributed by atoms with Gasteiger partial charge in [-0.15, -0.1) is 5.54 Å². The average Bonchev–Trinajstić information content (AvgIpc) is 2.57. The van der Waals surface area contributed by atoms with Gasteiger partial charge >= 0.3 is 0 Å². The number of hydrogen-bond donors (Lipinski definition) is 0. The third-order valence-corrected chi connectivity index (χ3v) is 13.3. The van der Waals surface area contributed by atoms with Gasteiger partial charge in [0.05, 0.1) is 11.4 Å². The molecule has 0 aliphatic heterocycles. The Bertz CT molecular complexity index is 775. The molecule has 0 heterocycles. The van der Waals surface area contributed by atoms with Crippen molar-refractivity contribution in [1.82, 2.24) is 4.31 Å². The zero-order chi connectivity index (χ0) is 20.8. The molecule has 0 spiro atoms. The maximum absolute atomic E-state index is 13.2. The lowest BCUT2D eigenvalue weighted by Crippen LogP contribution is -2.44. The van der Waals surface area contributed by atoms with Crippen LogP contribution in [0.3, 0.4) is 0 Å². The van der Waals surface area contributed by atoms with Crippen molar-refractivity contribution in [2.45, 2.75) is 76.9 Å². The second-order valence-corrected chi connectivity index (χ2v) is 15.5. The predicted molar refractivity (Wildman–Crippen MR) is 119 cm³/mol. The van der Waals surface area contributed by atoms with Gasteiger partial charge in [0.25, 0.3) is 10.0 Å². The van der Waals surface area contributed by atoms with Gasteiger partial charge in [0.2, 0.25) is 0 Å². The van der Waals surface area contributed by atoms with Crippen LogP contribution < -0.4 is 0 Å². The topological polar surface area (TPSA) is 37.4 Å². The number of rotatable bonds is 7. The molecule has 0 saturated carbocycles. The van der Waals surface area contributed by atoms with Crippen molar-refractivity contribution in [2.24, 2.45) is 0 Å². The van der Waals surface area contributed by atoms with Crippen molar-refractivity contribution < 1.29 is 8.42 Å². The summed E-state index contributed by atoms with van der Waals surface area (Å²) in [6.45, 7) is 17.5. The van der Waals surface area contributed by atoms with Crippen molar-refractivity contribution in [3.8, 4) is 11.6 Å². The van der Waals surface area contributed by atoms with E-state index in [0.717, 1.165) is 5.56 Å². The minimum absolute atomic E-state index is 0.262. The molecule has 0 saturated heterocycles. The van der Waals surface area contributed by atoms with E-state index in [1.54, 1.807) is 12.1 Å². The first-order valence-corrected chi connectivity index (χ1v) is 13.4. The molecule has 150 valence electrons. The van der Waals surface area contributed by atoms with E-state index in [4.69, 9.17) is 0 Å². The van der Waals surface area contributed by atoms with E-state index in [-0.39, 0.29) is 11.4 Å². The molecule has 0 bridgehead atoms. The summed E-state index contributed by atoms with van der Waals surface area (Å²) in [5, 5.41) is 0. The summed E-state index contributed by atoms with van der Waals surface area (Å²) < 4.78 is 27.7. The molecule has 1 aromatic rings. The van der Waals surface area contributed by atoms with Gasteiger partial charge in [-0.05, 0) is 42.6 Å². The van der Waals surface area contributed by atoms with Crippen LogP contribution in [0.15, 0.2) is 41.3 Å². The molecule has 1 aromatic carbocycles. The SMILES string of the molecule is C/C=C/CN(C#C[Si](C(C)C)(C(C)C)C(C)C)S(=O)(=O)c1ccc(C)cc1. The number of nitrogens with zero attached hydrogens (tertiary/aromatic N) is 1. The smallest absolute Gasteiger partial charge is 0.221 e. The number of hydrogen-bond acceptors (Lipinski definition) is 2. The molecule has 0 aromatic heterocycles. The number of sulfonamides is 1. The molecule has 0 aliphatic carbocycles. The first kappa shape index (κ1) is 23.5. The second kappa shape index (κ2) is 9.61. The van der Waals surface area contributed by atoms with Gasteiger partial charge in [0.15, 0.2) is 0 Å². The van der Waals surface area contributed by atoms with Gasteiger partial charge < -0.3 is 0 Å². The largest absolute Gasteiger partial charge is 0.271 e. The fraction of sp³-hybridized carbons (Fsp3) is 0.545. The number of allylic oxidation sites excluding steroid dienone is 1. The van der Waals surface area contributed by atoms with E-state index in [1.165, 1.54) is 4.31 Å². The summed E-state index contributed by atoms with van der Waals surface area (Å²) in [6, 6.07) is 10.1. The lowest BCUT2D eigenvalue weighted by molar-refractivity contribution is 0.532. The third kappa shape index (κ3) is 5.27. The first-order valence-electron chi connectivity index (χ1n) is 9.73. The fourth-order valence-electron chi connectivity index (χ4n) is 3.83. The van der Waals surface area contributed by atoms with Gasteiger partial charge in [-0.1, -0.05) is 71.4 Å². The third-order valence-electron chi connectivity index (χ3n) is 5.38. The minimum atomic E-state index is -3.66. The lowest BCUT2D eigenvalue weighted by Gasteiger charge is -2.38. The van der Waals surface area contributed by atoms with E-state index >= 15 is 0 Å². The molecule has 5 heteroatoms. The van der Waals surface area contributed by atoms with Crippen molar-refractivity contribution >= 4 is 18.1 Å². The molecule has 0 unspecified atom stereocenters. The summed E-state index contributed by atoms with van der Waals surface area (Å²) >= 11 is 0. The summed E-state index contributed by atoms with van der Waals surface area (Å²) in [5.74, 6) is 0. The van der Waals surface area contributed by atoms with Crippen LogP contribution in [-0.2, 0) is 10.0 Å². The monoisotopic (exact) mass is 405 g/mol. The Morgan fingerprint density at radius 3 is 1.89 bits per heavy atom. The highest BCUT2D eigenvalue weighted by Crippen LogP contribution is 2.40. The highest BCUT2D eigenvalue weighted by atomic mass is 32.2. The predicted octanol–water partition coefficient (Wildman–Crippen LogP) is 5.74. The van der Waals surface area contributed by atoms with Crippen molar-refractivity contribution in [1.29, 1.82) is 0 Å². The van der Waals surface area contributed by atoms with E-state index in [0.29, 0.717) is 16.6 Å². The Labute approximate surface area is 167 Å². The Balaban J connectivity index is 3.49. The first-order chi connectivity index (χ1) is 12.5. The molecule has 1 rings (SSSR count). The van der Waals surface area contributed by atoms with Gasteiger partial charge in [-0.3, -0.25) is 0 Å². The maximum Gasteiger partial charge on any atom is 0.271 e. The number of benzene rings is 1. The fourth-order valence-corrected chi connectivity index (χ4v) is 10.3. The van der Waals surface area contributed by atoms with Crippen LogP contribution in [0.2, 0.25) is 16.6 Å². The Morgan fingerprint density at radius 2 is 1.48 bits per heavy atom. The molecule has 0 N–H and O–H groups in total. The van der Waals surface area contributed by atoms with Crippen LogP contribution in [0, 0.1) is 18.5 Å². The summed E-state index contributed by atoms with van der Waals surface area (Å²) in [7, 11) is -5.67. The van der Waals surface area contributed by atoms with Gasteiger partial charge in [0, 0.05) is 6.04 Å². The molecule has 3 nitrogen and oxygen atoms in total. The number of aryl methyl sites for hydroxylation is 1. The van der Waals surface area contributed by atoms with Gasteiger partial charge in [0.1, 0.15) is 8.07 Å². The zero-order valence-corrected chi connectivity index (χ0v) is 19.9. The van der Waals surface area contributed by atoms with E-state index in [2.05, 4.69) is 53.1 Å². The Morgan fingerprint density at radius 1 is 1.00 bits per heavy atom. The van der Waals surface area contributed by atoms with Crippen LogP contribution in [0.1, 0.15) is 54.0 Å². The molecule has 0 atom stereocenters. The van der Waals surface area contributed by atoms with Gasteiger partial charge in [-0.25, -0.2) is 12.7 Å². The molecule has 0 amide bonds. The van der Waals surface area contributed by atoms with Gasteiger partial charge in [-0.2, -0.15) is 0 Å². The zero-order valence-electron chi connectivity index (χ0n) is 18.1. The standard InChI is InChI=1S/C22H35NO2SSi/c1-9-10-15-23(26(24,25)22-13-11-21(8)12-14-22)16-17-27(18(2)3,19(4)5)20(6)7/h9-14,18-20H,15H2,1-8H3/b10-9+. The molecule has 27 heavy (non-hydrogen) atoms. The minimum Gasteiger partial charge on any atom is -0.221 e. The summed E-state index contributed by atoms with van der Waals surface area (Å²) in [5.41, 5.74) is 5.93. The molecule has 0 radical (unpaired) electrons. The van der Waals surface area contributed by atoms with Crippen molar-refractivity contribution in [3.63, 3.8) is 0 Å². The average molecular weight is 406 g/mol. The molecule has 0 fully saturated rings. The molecule has 0 aliphatic rings. The van der Waals surface area contributed by atoms with Crippen molar-refractivity contribution in [2.75, 3.05) is 6.54 Å². The van der Waals surface area contributed by atoms with E-state index in [1.807, 2.05) is 38.1 Å². The van der Waals surface area contributed by atoms with Crippen LogP contribution in [0.25, 0.3) is 0 Å². The lowest BCUT2D eigenvalue weighted by atomic mass is 10.2. The highest BCUT2D eigenvalue weighted by molar-refractivity contribution is 7.89. The molecular formula is C22H35NO2SSi. The second-order valence-electron chi connectivity index (χ2n) is 8.05. The van der Waals surface area contributed by atoms with Crippen LogP contribution in [-0.4, -0.2) is 27.3 Å². The highest BCUT2D eigenvalue weighted by Gasteiger charge is 2.42. The molecular weight excluding hydrogens is 370 g/mol. The van der Waals surface area contributed by atoms with Crippen LogP contribution in [0.4, 0.5) is 0 Å². The van der Waals surface area contributed by atoms with Crippen molar-refractivity contribution in [3.05, 3.63) is 42.0 Å². The normalized spacial score (nSPS) is 12.7. The Kier molecular flexibility index (Phi) is 8.38. The maximum atomic E-state index is 13.2. The quantitative estimate of drug-likeness (QED) is 0.251. The van der Waals surface area contributed by atoms with E-state index in [9.17, 15) is 8.42 Å².